The summed E-state index contributed by atoms with van der Waals surface area (Å²) in [6, 6.07) is 3.57. The minimum Gasteiger partial charge on any atom is -0.493 e. The molecule has 0 fully saturated rings. The van der Waals surface area contributed by atoms with Crippen LogP contribution in [0.2, 0.25) is 5.02 Å². The summed E-state index contributed by atoms with van der Waals surface area (Å²) >= 11 is 6.14. The summed E-state index contributed by atoms with van der Waals surface area (Å²) < 4.78 is 16.4. The van der Waals surface area contributed by atoms with E-state index >= 15 is 0 Å². The van der Waals surface area contributed by atoms with Crippen LogP contribution in [0.25, 0.3) is 0 Å². The Bertz CT molecular complexity index is 524. The molecule has 18 heavy (non-hydrogen) atoms. The predicted octanol–water partition coefficient (Wildman–Crippen LogP) is 2.66. The van der Waals surface area contributed by atoms with Gasteiger partial charge in [0.15, 0.2) is 17.3 Å². The number of hydrogen-bond acceptors (Lipinski definition) is 4. The molecule has 0 aromatic heterocycles. The smallest absolute Gasteiger partial charge is 0.179 e. The summed E-state index contributed by atoms with van der Waals surface area (Å²) in [5.74, 6) is 1.20. The lowest BCUT2D eigenvalue weighted by atomic mass is 10.0. The van der Waals surface area contributed by atoms with Crippen molar-refractivity contribution in [2.45, 2.75) is 12.5 Å². The highest BCUT2D eigenvalue weighted by Gasteiger charge is 2.23. The molecule has 5 heteroatoms. The van der Waals surface area contributed by atoms with Crippen LogP contribution in [0.1, 0.15) is 18.1 Å². The molecule has 0 saturated heterocycles. The molecule has 2 aliphatic rings. The molecule has 4 nitrogen and oxygen atoms in total. The van der Waals surface area contributed by atoms with Crippen LogP contribution in [0.3, 0.4) is 0 Å². The first kappa shape index (κ1) is 11.4. The molecule has 1 aromatic rings. The van der Waals surface area contributed by atoms with E-state index in [1.807, 2.05) is 6.07 Å². The number of rotatable bonds is 1. The number of allylic oxidation sites excluding steroid dienone is 1. The minimum atomic E-state index is -0.309. The maximum atomic E-state index is 11.4. The van der Waals surface area contributed by atoms with Crippen LogP contribution in [-0.2, 0) is 9.53 Å². The van der Waals surface area contributed by atoms with Gasteiger partial charge >= 0.3 is 0 Å². The van der Waals surface area contributed by atoms with E-state index in [0.29, 0.717) is 36.2 Å². The standard InChI is InChI=1S/C13H11ClO4/c14-10-5-8(11-7-9(15)1-2-16-11)6-12-13(10)18-4-3-17-12/h1-2,5-6,11H,3-4,7H2. The molecule has 1 atom stereocenters. The number of carbonyl (C=O) groups is 1. The van der Waals surface area contributed by atoms with E-state index in [1.165, 1.54) is 12.3 Å². The molecule has 0 saturated carbocycles. The Morgan fingerprint density at radius 3 is 2.89 bits per heavy atom. The average molecular weight is 267 g/mol. The van der Waals surface area contributed by atoms with Gasteiger partial charge < -0.3 is 14.2 Å². The number of ketones is 1. The van der Waals surface area contributed by atoms with Crippen molar-refractivity contribution in [3.8, 4) is 11.5 Å². The number of carbonyl (C=O) groups excluding carboxylic acids is 1. The van der Waals surface area contributed by atoms with E-state index in [0.717, 1.165) is 5.56 Å². The van der Waals surface area contributed by atoms with E-state index in [2.05, 4.69) is 0 Å². The molecule has 0 bridgehead atoms. The Kier molecular flexibility index (Phi) is 2.88. The molecular formula is C13H11ClO4. The summed E-state index contributed by atoms with van der Waals surface area (Å²) in [7, 11) is 0. The fourth-order valence-corrected chi connectivity index (χ4v) is 2.30. The van der Waals surface area contributed by atoms with Crippen LogP contribution in [0.4, 0.5) is 0 Å². The number of halogens is 1. The van der Waals surface area contributed by atoms with Crippen LogP contribution < -0.4 is 9.47 Å². The van der Waals surface area contributed by atoms with Gasteiger partial charge in [-0.05, 0) is 17.7 Å². The summed E-state index contributed by atoms with van der Waals surface area (Å²) in [6.45, 7) is 0.990. The van der Waals surface area contributed by atoms with Crippen molar-refractivity contribution in [2.24, 2.45) is 0 Å². The molecule has 1 unspecified atom stereocenters. The lowest BCUT2D eigenvalue weighted by Crippen LogP contribution is -2.17. The first-order valence-electron chi connectivity index (χ1n) is 5.68. The van der Waals surface area contributed by atoms with Crippen LogP contribution in [-0.4, -0.2) is 19.0 Å². The van der Waals surface area contributed by atoms with E-state index in [4.69, 9.17) is 25.8 Å². The normalized spacial score (nSPS) is 21.6. The third-order valence-corrected chi connectivity index (χ3v) is 3.16. The van der Waals surface area contributed by atoms with Gasteiger partial charge in [-0.15, -0.1) is 0 Å². The Morgan fingerprint density at radius 1 is 1.22 bits per heavy atom. The van der Waals surface area contributed by atoms with Gasteiger partial charge in [0.25, 0.3) is 0 Å². The molecule has 0 N–H and O–H groups in total. The highest BCUT2D eigenvalue weighted by Crippen LogP contribution is 2.41. The zero-order valence-corrected chi connectivity index (χ0v) is 10.3. The van der Waals surface area contributed by atoms with Crippen molar-refractivity contribution in [1.82, 2.24) is 0 Å². The van der Waals surface area contributed by atoms with Gasteiger partial charge in [-0.2, -0.15) is 0 Å². The van der Waals surface area contributed by atoms with Crippen molar-refractivity contribution in [1.29, 1.82) is 0 Å². The molecule has 0 spiro atoms. The summed E-state index contributed by atoms with van der Waals surface area (Å²) in [6.07, 6.45) is 2.85. The largest absolute Gasteiger partial charge is 0.493 e. The molecule has 0 aliphatic carbocycles. The monoisotopic (exact) mass is 266 g/mol. The van der Waals surface area contributed by atoms with Crippen LogP contribution >= 0.6 is 11.6 Å². The van der Waals surface area contributed by atoms with Crippen molar-refractivity contribution in [3.63, 3.8) is 0 Å². The Labute approximate surface area is 109 Å². The number of hydrogen-bond donors (Lipinski definition) is 0. The second kappa shape index (κ2) is 4.53. The molecule has 1 aromatic carbocycles. The average Bonchev–Trinajstić information content (AvgIpc) is 2.39. The SMILES string of the molecule is O=C1C=COC(c2cc(Cl)c3c(c2)OCCO3)C1. The highest BCUT2D eigenvalue weighted by molar-refractivity contribution is 6.32. The Morgan fingerprint density at radius 2 is 2.06 bits per heavy atom. The van der Waals surface area contributed by atoms with Gasteiger partial charge in [0.2, 0.25) is 0 Å². The quantitative estimate of drug-likeness (QED) is 0.784. The van der Waals surface area contributed by atoms with Gasteiger partial charge in [0, 0.05) is 6.08 Å². The van der Waals surface area contributed by atoms with E-state index in [-0.39, 0.29) is 11.9 Å². The maximum Gasteiger partial charge on any atom is 0.179 e. The molecular weight excluding hydrogens is 256 g/mol. The summed E-state index contributed by atoms with van der Waals surface area (Å²) in [5, 5.41) is 0.479. The van der Waals surface area contributed by atoms with Gasteiger partial charge in [0.1, 0.15) is 19.3 Å². The molecule has 94 valence electrons. The van der Waals surface area contributed by atoms with Crippen molar-refractivity contribution < 1.29 is 19.0 Å². The fraction of sp³-hybridized carbons (Fsp3) is 0.308. The fourth-order valence-electron chi connectivity index (χ4n) is 2.02. The van der Waals surface area contributed by atoms with Crippen LogP contribution in [0.15, 0.2) is 24.5 Å². The van der Waals surface area contributed by atoms with Gasteiger partial charge in [-0.25, -0.2) is 0 Å². The number of benzene rings is 1. The van der Waals surface area contributed by atoms with E-state index in [9.17, 15) is 4.79 Å². The first-order chi connectivity index (χ1) is 8.74. The zero-order valence-electron chi connectivity index (χ0n) is 9.52. The van der Waals surface area contributed by atoms with Gasteiger partial charge in [-0.3, -0.25) is 4.79 Å². The van der Waals surface area contributed by atoms with Gasteiger partial charge in [0.05, 0.1) is 17.7 Å². The van der Waals surface area contributed by atoms with Crippen molar-refractivity contribution in [2.75, 3.05) is 13.2 Å². The lowest BCUT2D eigenvalue weighted by Gasteiger charge is -2.23. The Hall–Kier alpha value is -1.68. The molecule has 0 radical (unpaired) electrons. The third-order valence-electron chi connectivity index (χ3n) is 2.87. The van der Waals surface area contributed by atoms with E-state index < -0.39 is 0 Å². The maximum absolute atomic E-state index is 11.4. The second-order valence-corrected chi connectivity index (χ2v) is 4.53. The molecule has 0 amide bonds. The number of fused-ring (bicyclic) bond motifs is 1. The van der Waals surface area contributed by atoms with Crippen LogP contribution in [0, 0.1) is 0 Å². The van der Waals surface area contributed by atoms with Crippen LogP contribution in [0.5, 0.6) is 11.5 Å². The summed E-state index contributed by atoms with van der Waals surface area (Å²) in [5.41, 5.74) is 0.821. The van der Waals surface area contributed by atoms with Crippen molar-refractivity contribution in [3.05, 3.63) is 35.1 Å². The zero-order chi connectivity index (χ0) is 12.5. The second-order valence-electron chi connectivity index (χ2n) is 4.12. The van der Waals surface area contributed by atoms with E-state index in [1.54, 1.807) is 6.07 Å². The molecule has 3 rings (SSSR count). The predicted molar refractivity (Wildman–Crippen MR) is 65.0 cm³/mol. The number of ether oxygens (including phenoxy) is 3. The first-order valence-corrected chi connectivity index (χ1v) is 6.06. The minimum absolute atomic E-state index is 0.0391. The third kappa shape index (κ3) is 2.04. The highest BCUT2D eigenvalue weighted by atomic mass is 35.5. The lowest BCUT2D eigenvalue weighted by molar-refractivity contribution is -0.118. The molecule has 2 heterocycles. The molecule has 2 aliphatic heterocycles. The van der Waals surface area contributed by atoms with Crippen molar-refractivity contribution >= 4 is 17.4 Å². The topological polar surface area (TPSA) is 44.8 Å². The summed E-state index contributed by atoms with van der Waals surface area (Å²) in [4.78, 5) is 11.4. The van der Waals surface area contributed by atoms with Gasteiger partial charge in [-0.1, -0.05) is 11.6 Å². The Balaban J connectivity index is 1.95.